The smallest absolute Gasteiger partial charge is 0.334 e. The molecule has 6 atom stereocenters. The van der Waals surface area contributed by atoms with Gasteiger partial charge in [0.05, 0.1) is 11.3 Å². The predicted octanol–water partition coefficient (Wildman–Crippen LogP) is 5.40. The van der Waals surface area contributed by atoms with Gasteiger partial charge < -0.3 is 9.94 Å². The average Bonchev–Trinajstić information content (AvgIpc) is 2.90. The molecule has 4 rings (SSSR count). The van der Waals surface area contributed by atoms with Gasteiger partial charge in [-0.15, -0.1) is 0 Å². The molecule has 3 saturated carbocycles. The van der Waals surface area contributed by atoms with E-state index in [9.17, 15) is 9.90 Å². The van der Waals surface area contributed by atoms with Crippen LogP contribution in [0, 0.1) is 28.6 Å². The molecular formula is C24H37NO3. The van der Waals surface area contributed by atoms with E-state index in [0.29, 0.717) is 18.3 Å². The Morgan fingerprint density at radius 3 is 2.54 bits per heavy atom. The van der Waals surface area contributed by atoms with Crippen molar-refractivity contribution in [2.75, 3.05) is 0 Å². The molecule has 0 aromatic rings. The summed E-state index contributed by atoms with van der Waals surface area (Å²) in [6.45, 7) is 10.9. The highest BCUT2D eigenvalue weighted by atomic mass is 16.7. The zero-order valence-electron chi connectivity index (χ0n) is 18.3. The minimum atomic E-state index is -0.509. The number of carbonyl (C=O) groups excluding carboxylic acids is 1. The van der Waals surface area contributed by atoms with E-state index < -0.39 is 5.60 Å². The quantitative estimate of drug-likeness (QED) is 0.510. The lowest BCUT2D eigenvalue weighted by molar-refractivity contribution is -0.143. The van der Waals surface area contributed by atoms with Gasteiger partial charge in [-0.05, 0) is 99.4 Å². The van der Waals surface area contributed by atoms with Crippen LogP contribution in [0.5, 0.6) is 0 Å². The van der Waals surface area contributed by atoms with Crippen molar-refractivity contribution in [1.29, 1.82) is 0 Å². The van der Waals surface area contributed by atoms with Crippen LogP contribution in [0.15, 0.2) is 16.3 Å². The van der Waals surface area contributed by atoms with Gasteiger partial charge >= 0.3 is 5.97 Å². The SMILES string of the molecule is CCC(=O)O/N=C1\CC[C@@]2(C)C(=C1C)CC[C@@H]1[C@@H]2CC[C@@]2(C)[C@H]1CC[C@]2(C)O. The van der Waals surface area contributed by atoms with Gasteiger partial charge in [-0.1, -0.05) is 31.5 Å². The number of carbonyl (C=O) groups is 1. The van der Waals surface area contributed by atoms with E-state index in [0.717, 1.165) is 43.7 Å². The van der Waals surface area contributed by atoms with Crippen molar-refractivity contribution in [2.45, 2.75) is 98.0 Å². The summed E-state index contributed by atoms with van der Waals surface area (Å²) in [4.78, 5) is 16.6. The molecular weight excluding hydrogens is 350 g/mol. The van der Waals surface area contributed by atoms with Crippen LogP contribution in [0.1, 0.15) is 92.4 Å². The average molecular weight is 388 g/mol. The van der Waals surface area contributed by atoms with Crippen LogP contribution in [0.4, 0.5) is 0 Å². The van der Waals surface area contributed by atoms with Gasteiger partial charge in [-0.25, -0.2) is 4.79 Å². The highest BCUT2D eigenvalue weighted by Crippen LogP contribution is 2.67. The third kappa shape index (κ3) is 2.74. The van der Waals surface area contributed by atoms with Gasteiger partial charge in [0.2, 0.25) is 0 Å². The van der Waals surface area contributed by atoms with Gasteiger partial charge in [0, 0.05) is 6.42 Å². The molecule has 0 aliphatic heterocycles. The van der Waals surface area contributed by atoms with Crippen LogP contribution < -0.4 is 0 Å². The highest BCUT2D eigenvalue weighted by Gasteiger charge is 2.62. The molecule has 4 heteroatoms. The molecule has 0 radical (unpaired) electrons. The van der Waals surface area contributed by atoms with Crippen molar-refractivity contribution in [3.05, 3.63) is 11.1 Å². The largest absolute Gasteiger partial charge is 0.390 e. The Hall–Kier alpha value is -1.16. The van der Waals surface area contributed by atoms with Gasteiger partial charge in [0.1, 0.15) is 0 Å². The van der Waals surface area contributed by atoms with Crippen LogP contribution in [0.3, 0.4) is 0 Å². The van der Waals surface area contributed by atoms with Crippen LogP contribution >= 0.6 is 0 Å². The fourth-order valence-corrected chi connectivity index (χ4v) is 7.52. The molecule has 28 heavy (non-hydrogen) atoms. The monoisotopic (exact) mass is 387 g/mol. The second kappa shape index (κ2) is 6.68. The number of nitrogens with zero attached hydrogens (tertiary/aromatic N) is 1. The Morgan fingerprint density at radius 1 is 1.11 bits per heavy atom. The molecule has 4 nitrogen and oxygen atoms in total. The summed E-state index contributed by atoms with van der Waals surface area (Å²) in [6.07, 6.45) is 9.20. The topological polar surface area (TPSA) is 58.9 Å². The molecule has 0 bridgehead atoms. The maximum absolute atomic E-state index is 11.5. The molecule has 0 aromatic carbocycles. The lowest BCUT2D eigenvalue weighted by atomic mass is 9.46. The van der Waals surface area contributed by atoms with Crippen LogP contribution in [-0.4, -0.2) is 22.4 Å². The Labute approximate surface area is 169 Å². The normalized spacial score (nSPS) is 46.8. The standard InChI is InChI=1S/C24H37NO3/c1-6-21(26)28-25-20-11-12-22(3)17(15(20)2)8-7-16-18(22)9-13-23(4)19(16)10-14-24(23,5)27/h16,18-19,27H,6-14H2,1-5H3/b25-20+/t16-,18+,19+,22+,23+,24+/m1/s1. The van der Waals surface area contributed by atoms with Gasteiger partial charge in [-0.2, -0.15) is 0 Å². The maximum atomic E-state index is 11.5. The van der Waals surface area contributed by atoms with E-state index in [1.807, 2.05) is 0 Å². The van der Waals surface area contributed by atoms with E-state index in [-0.39, 0.29) is 16.8 Å². The summed E-state index contributed by atoms with van der Waals surface area (Å²) in [5.74, 6) is 1.83. The number of hydrogen-bond acceptors (Lipinski definition) is 4. The predicted molar refractivity (Wildman–Crippen MR) is 111 cm³/mol. The number of allylic oxidation sites excluding steroid dienone is 2. The van der Waals surface area contributed by atoms with E-state index in [1.54, 1.807) is 12.5 Å². The van der Waals surface area contributed by atoms with Crippen molar-refractivity contribution in [3.63, 3.8) is 0 Å². The fourth-order valence-electron chi connectivity index (χ4n) is 7.52. The van der Waals surface area contributed by atoms with E-state index in [2.05, 4.69) is 32.9 Å². The summed E-state index contributed by atoms with van der Waals surface area (Å²) in [6, 6.07) is 0. The minimum absolute atomic E-state index is 0.0798. The molecule has 0 unspecified atom stereocenters. The molecule has 0 amide bonds. The number of fused-ring (bicyclic) bond motifs is 5. The molecule has 3 fully saturated rings. The fraction of sp³-hybridized carbons (Fsp3) is 0.833. The van der Waals surface area contributed by atoms with Crippen molar-refractivity contribution in [3.8, 4) is 0 Å². The van der Waals surface area contributed by atoms with E-state index >= 15 is 0 Å². The molecule has 0 spiro atoms. The molecule has 1 N–H and O–H groups in total. The van der Waals surface area contributed by atoms with E-state index in [4.69, 9.17) is 4.84 Å². The third-order valence-electron chi connectivity index (χ3n) is 9.55. The maximum Gasteiger partial charge on any atom is 0.334 e. The summed E-state index contributed by atoms with van der Waals surface area (Å²) in [7, 11) is 0. The first-order valence-electron chi connectivity index (χ1n) is 11.3. The Bertz CT molecular complexity index is 736. The number of oxime groups is 1. The van der Waals surface area contributed by atoms with Crippen LogP contribution in [-0.2, 0) is 9.63 Å². The minimum Gasteiger partial charge on any atom is -0.390 e. The first kappa shape index (κ1) is 20.1. The van der Waals surface area contributed by atoms with Gasteiger partial charge in [0.15, 0.2) is 0 Å². The van der Waals surface area contributed by atoms with Crippen molar-refractivity contribution < 1.29 is 14.7 Å². The lowest BCUT2D eigenvalue weighted by Crippen LogP contribution is -2.54. The molecule has 0 saturated heterocycles. The third-order valence-corrected chi connectivity index (χ3v) is 9.55. The lowest BCUT2D eigenvalue weighted by Gasteiger charge is -2.59. The molecule has 0 heterocycles. The Kier molecular flexibility index (Phi) is 4.80. The van der Waals surface area contributed by atoms with Crippen molar-refractivity contribution >= 4 is 11.7 Å². The molecule has 156 valence electrons. The second-order valence-corrected chi connectivity index (χ2v) is 10.6. The van der Waals surface area contributed by atoms with Crippen LogP contribution in [0.2, 0.25) is 0 Å². The zero-order valence-corrected chi connectivity index (χ0v) is 18.3. The van der Waals surface area contributed by atoms with Gasteiger partial charge in [0.25, 0.3) is 0 Å². The van der Waals surface area contributed by atoms with Crippen molar-refractivity contribution in [2.24, 2.45) is 33.7 Å². The zero-order chi connectivity index (χ0) is 20.3. The molecule has 4 aliphatic carbocycles. The molecule has 4 aliphatic rings. The summed E-state index contributed by atoms with van der Waals surface area (Å²) in [5, 5.41) is 15.3. The Morgan fingerprint density at radius 2 is 1.82 bits per heavy atom. The number of hydrogen-bond donors (Lipinski definition) is 1. The first-order valence-corrected chi connectivity index (χ1v) is 11.3. The van der Waals surface area contributed by atoms with Crippen LogP contribution in [0.25, 0.3) is 0 Å². The first-order chi connectivity index (χ1) is 13.1. The highest BCUT2D eigenvalue weighted by molar-refractivity contribution is 6.01. The summed E-state index contributed by atoms with van der Waals surface area (Å²) < 4.78 is 0. The Balaban J connectivity index is 1.63. The molecule has 0 aromatic heterocycles. The van der Waals surface area contributed by atoms with Crippen molar-refractivity contribution in [1.82, 2.24) is 0 Å². The van der Waals surface area contributed by atoms with E-state index in [1.165, 1.54) is 24.8 Å². The van der Waals surface area contributed by atoms with Gasteiger partial charge in [-0.3, -0.25) is 0 Å². The summed E-state index contributed by atoms with van der Waals surface area (Å²) in [5.41, 5.74) is 3.60. The number of aliphatic hydroxyl groups is 1. The number of rotatable bonds is 2. The second-order valence-electron chi connectivity index (χ2n) is 10.6. The summed E-state index contributed by atoms with van der Waals surface area (Å²) >= 11 is 0.